The molecule has 1 atom stereocenters. The third-order valence-electron chi connectivity index (χ3n) is 4.12. The minimum atomic E-state index is -0.302. The topological polar surface area (TPSA) is 71.1 Å². The Morgan fingerprint density at radius 2 is 2.18 bits per heavy atom. The number of piperidine rings is 1. The third kappa shape index (κ3) is 3.17. The van der Waals surface area contributed by atoms with E-state index in [1.54, 1.807) is 6.33 Å². The van der Waals surface area contributed by atoms with Crippen LogP contribution in [0.4, 0.5) is 0 Å². The molecule has 1 aromatic heterocycles. The van der Waals surface area contributed by atoms with Crippen molar-refractivity contribution in [3.8, 4) is 0 Å². The maximum Gasteiger partial charge on any atom is 0.337 e. The fraction of sp³-hybridized carbons (Fsp3) is 0.438. The van der Waals surface area contributed by atoms with Gasteiger partial charge < -0.3 is 4.74 Å². The van der Waals surface area contributed by atoms with Crippen LogP contribution in [-0.4, -0.2) is 39.7 Å². The number of hydrogen-bond acceptors (Lipinski definition) is 5. The first kappa shape index (κ1) is 14.7. The van der Waals surface area contributed by atoms with Crippen LogP contribution in [0.2, 0.25) is 0 Å². The standard InChI is InChI=1S/C16H20N4O2/c1-22-16(21)13-7-5-12(6-8-13)10-20-9-3-2-4-14(20)15-17-11-18-19-15/h5-8,11,14H,2-4,9-10H2,1H3,(H,17,18,19)/t14-/m0/s1. The zero-order chi connectivity index (χ0) is 15.4. The van der Waals surface area contributed by atoms with Crippen molar-refractivity contribution < 1.29 is 9.53 Å². The predicted octanol–water partition coefficient (Wildman–Crippen LogP) is 2.32. The first-order chi connectivity index (χ1) is 10.8. The van der Waals surface area contributed by atoms with Gasteiger partial charge in [-0.15, -0.1) is 0 Å². The molecule has 2 aromatic rings. The molecule has 0 unspecified atom stereocenters. The number of hydrogen-bond donors (Lipinski definition) is 1. The highest BCUT2D eigenvalue weighted by Crippen LogP contribution is 2.29. The lowest BCUT2D eigenvalue weighted by molar-refractivity contribution is 0.0600. The Kier molecular flexibility index (Phi) is 4.48. The van der Waals surface area contributed by atoms with E-state index in [1.165, 1.54) is 25.5 Å². The lowest BCUT2D eigenvalue weighted by Crippen LogP contribution is -2.33. The van der Waals surface area contributed by atoms with Crippen LogP contribution in [0.5, 0.6) is 0 Å². The molecule has 6 nitrogen and oxygen atoms in total. The van der Waals surface area contributed by atoms with Gasteiger partial charge in [0.15, 0.2) is 0 Å². The highest BCUT2D eigenvalue weighted by molar-refractivity contribution is 5.89. The van der Waals surface area contributed by atoms with Crippen molar-refractivity contribution >= 4 is 5.97 Å². The van der Waals surface area contributed by atoms with Crippen LogP contribution in [0.1, 0.15) is 47.1 Å². The van der Waals surface area contributed by atoms with E-state index in [0.717, 1.165) is 25.3 Å². The molecule has 116 valence electrons. The summed E-state index contributed by atoms with van der Waals surface area (Å²) in [4.78, 5) is 18.2. The molecule has 0 aliphatic carbocycles. The number of likely N-dealkylation sites (tertiary alicyclic amines) is 1. The number of benzene rings is 1. The van der Waals surface area contributed by atoms with Gasteiger partial charge in [0.25, 0.3) is 0 Å². The summed E-state index contributed by atoms with van der Waals surface area (Å²) in [5.74, 6) is 0.634. The summed E-state index contributed by atoms with van der Waals surface area (Å²) in [6.45, 7) is 1.89. The average Bonchev–Trinajstić information content (AvgIpc) is 3.10. The van der Waals surface area contributed by atoms with Gasteiger partial charge >= 0.3 is 5.97 Å². The minimum absolute atomic E-state index is 0.288. The molecule has 1 fully saturated rings. The summed E-state index contributed by atoms with van der Waals surface area (Å²) in [7, 11) is 1.39. The molecule has 0 saturated carbocycles. The van der Waals surface area contributed by atoms with Crippen molar-refractivity contribution in [2.24, 2.45) is 0 Å². The summed E-state index contributed by atoms with van der Waals surface area (Å²) in [5, 5.41) is 6.96. The molecule has 0 spiro atoms. The summed E-state index contributed by atoms with van der Waals surface area (Å²) >= 11 is 0. The lowest BCUT2D eigenvalue weighted by Gasteiger charge is -2.34. The molecule has 1 aliphatic heterocycles. The van der Waals surface area contributed by atoms with Gasteiger partial charge in [-0.25, -0.2) is 9.78 Å². The molecule has 3 rings (SSSR count). The number of methoxy groups -OCH3 is 1. The lowest BCUT2D eigenvalue weighted by atomic mass is 10.0. The molecule has 1 aliphatic rings. The Morgan fingerprint density at radius 3 is 2.86 bits per heavy atom. The van der Waals surface area contributed by atoms with E-state index in [1.807, 2.05) is 24.3 Å². The normalized spacial score (nSPS) is 19.0. The highest BCUT2D eigenvalue weighted by atomic mass is 16.5. The zero-order valence-corrected chi connectivity index (χ0v) is 12.7. The molecule has 1 aromatic carbocycles. The number of nitrogens with zero attached hydrogens (tertiary/aromatic N) is 3. The van der Waals surface area contributed by atoms with Gasteiger partial charge in [-0.1, -0.05) is 18.6 Å². The molecular formula is C16H20N4O2. The van der Waals surface area contributed by atoms with Crippen molar-refractivity contribution in [3.05, 3.63) is 47.5 Å². The molecule has 2 heterocycles. The second kappa shape index (κ2) is 6.70. The Bertz CT molecular complexity index is 610. The number of carbonyl (C=O) groups excluding carboxylic acids is 1. The molecule has 1 N–H and O–H groups in total. The monoisotopic (exact) mass is 300 g/mol. The number of rotatable bonds is 4. The Hall–Kier alpha value is -2.21. The number of aromatic nitrogens is 3. The quantitative estimate of drug-likeness (QED) is 0.877. The van der Waals surface area contributed by atoms with E-state index in [2.05, 4.69) is 20.1 Å². The third-order valence-corrected chi connectivity index (χ3v) is 4.12. The number of aromatic amines is 1. The molecule has 22 heavy (non-hydrogen) atoms. The summed E-state index contributed by atoms with van der Waals surface area (Å²) in [6, 6.07) is 7.89. The summed E-state index contributed by atoms with van der Waals surface area (Å²) in [6.07, 6.45) is 5.07. The van der Waals surface area contributed by atoms with Crippen molar-refractivity contribution in [2.45, 2.75) is 31.8 Å². The van der Waals surface area contributed by atoms with Crippen LogP contribution in [0.25, 0.3) is 0 Å². The van der Waals surface area contributed by atoms with Crippen molar-refractivity contribution in [1.82, 2.24) is 20.1 Å². The number of esters is 1. The van der Waals surface area contributed by atoms with Gasteiger partial charge in [-0.2, -0.15) is 5.10 Å². The molecule has 0 bridgehead atoms. The fourth-order valence-electron chi connectivity index (χ4n) is 2.96. The largest absolute Gasteiger partial charge is 0.465 e. The van der Waals surface area contributed by atoms with Gasteiger partial charge in [0.2, 0.25) is 0 Å². The summed E-state index contributed by atoms with van der Waals surface area (Å²) in [5.41, 5.74) is 1.76. The second-order valence-electron chi connectivity index (χ2n) is 5.54. The van der Waals surface area contributed by atoms with Crippen molar-refractivity contribution in [1.29, 1.82) is 0 Å². The van der Waals surface area contributed by atoms with Crippen molar-refractivity contribution in [3.63, 3.8) is 0 Å². The first-order valence-electron chi connectivity index (χ1n) is 7.54. The number of H-pyrrole nitrogens is 1. The van der Waals surface area contributed by atoms with E-state index in [-0.39, 0.29) is 12.0 Å². The average molecular weight is 300 g/mol. The van der Waals surface area contributed by atoms with Gasteiger partial charge in [-0.05, 0) is 37.1 Å². The van der Waals surface area contributed by atoms with Crippen LogP contribution < -0.4 is 0 Å². The smallest absolute Gasteiger partial charge is 0.337 e. The van der Waals surface area contributed by atoms with Gasteiger partial charge in [0, 0.05) is 6.54 Å². The second-order valence-corrected chi connectivity index (χ2v) is 5.54. The van der Waals surface area contributed by atoms with E-state index >= 15 is 0 Å². The predicted molar refractivity (Wildman–Crippen MR) is 81.2 cm³/mol. The van der Waals surface area contributed by atoms with Gasteiger partial charge in [0.1, 0.15) is 12.2 Å². The van der Waals surface area contributed by atoms with E-state index in [9.17, 15) is 4.79 Å². The fourth-order valence-corrected chi connectivity index (χ4v) is 2.96. The SMILES string of the molecule is COC(=O)c1ccc(CN2CCCC[C@H]2c2ncn[nH]2)cc1. The molecule has 0 radical (unpaired) electrons. The molecule has 0 amide bonds. The van der Waals surface area contributed by atoms with Crippen LogP contribution in [0, 0.1) is 0 Å². The van der Waals surface area contributed by atoms with Crippen LogP contribution >= 0.6 is 0 Å². The van der Waals surface area contributed by atoms with Crippen LogP contribution in [0.15, 0.2) is 30.6 Å². The van der Waals surface area contributed by atoms with Gasteiger partial charge in [0.05, 0.1) is 18.7 Å². The number of carbonyl (C=O) groups is 1. The molecule has 6 heteroatoms. The van der Waals surface area contributed by atoms with Crippen LogP contribution in [-0.2, 0) is 11.3 Å². The number of ether oxygens (including phenoxy) is 1. The Balaban J connectivity index is 1.71. The van der Waals surface area contributed by atoms with Gasteiger partial charge in [-0.3, -0.25) is 10.00 Å². The summed E-state index contributed by atoms with van der Waals surface area (Å²) < 4.78 is 4.72. The minimum Gasteiger partial charge on any atom is -0.465 e. The Morgan fingerprint density at radius 1 is 1.36 bits per heavy atom. The van der Waals surface area contributed by atoms with Crippen LogP contribution in [0.3, 0.4) is 0 Å². The number of nitrogens with one attached hydrogen (secondary N) is 1. The van der Waals surface area contributed by atoms with Crippen molar-refractivity contribution in [2.75, 3.05) is 13.7 Å². The maximum absolute atomic E-state index is 11.5. The molecular weight excluding hydrogens is 280 g/mol. The maximum atomic E-state index is 11.5. The Labute approximate surface area is 129 Å². The first-order valence-corrected chi connectivity index (χ1v) is 7.54. The zero-order valence-electron chi connectivity index (χ0n) is 12.7. The highest BCUT2D eigenvalue weighted by Gasteiger charge is 2.26. The molecule has 1 saturated heterocycles. The van der Waals surface area contributed by atoms with E-state index < -0.39 is 0 Å². The van der Waals surface area contributed by atoms with E-state index in [0.29, 0.717) is 5.56 Å². The van der Waals surface area contributed by atoms with E-state index in [4.69, 9.17) is 4.74 Å².